The lowest BCUT2D eigenvalue weighted by molar-refractivity contribution is 0.0734. The van der Waals surface area contributed by atoms with Gasteiger partial charge in [0.2, 0.25) is 0 Å². The minimum absolute atomic E-state index is 0.316. The van der Waals surface area contributed by atoms with Crippen LogP contribution in [0, 0.1) is 6.92 Å². The molecular formula is C16H16O2. The molecule has 0 amide bonds. The highest BCUT2D eigenvalue weighted by molar-refractivity contribution is 5.91. The number of hydrogen-bond donors (Lipinski definition) is 0. The average Bonchev–Trinajstić information content (AvgIpc) is 2.39. The first-order valence-corrected chi connectivity index (χ1v) is 6.07. The van der Waals surface area contributed by atoms with Crippen molar-refractivity contribution in [3.8, 4) is 5.75 Å². The van der Waals surface area contributed by atoms with Crippen LogP contribution in [-0.4, -0.2) is 5.97 Å². The van der Waals surface area contributed by atoms with Crippen molar-refractivity contribution in [3.05, 3.63) is 65.2 Å². The van der Waals surface area contributed by atoms with Crippen LogP contribution in [0.25, 0.3) is 0 Å². The Morgan fingerprint density at radius 2 is 1.83 bits per heavy atom. The number of esters is 1. The van der Waals surface area contributed by atoms with Crippen molar-refractivity contribution in [2.75, 3.05) is 0 Å². The van der Waals surface area contributed by atoms with Gasteiger partial charge in [-0.05, 0) is 48.7 Å². The first-order valence-electron chi connectivity index (χ1n) is 6.07. The molecule has 0 aliphatic rings. The Morgan fingerprint density at radius 3 is 2.44 bits per heavy atom. The minimum atomic E-state index is -0.316. The Kier molecular flexibility index (Phi) is 3.78. The zero-order valence-corrected chi connectivity index (χ0v) is 10.6. The summed E-state index contributed by atoms with van der Waals surface area (Å²) in [4.78, 5) is 11.9. The molecular weight excluding hydrogens is 224 g/mol. The summed E-state index contributed by atoms with van der Waals surface area (Å²) in [6, 6.07) is 15.0. The molecule has 0 spiro atoms. The Hall–Kier alpha value is -2.09. The number of carbonyl (C=O) groups is 1. The van der Waals surface area contributed by atoms with Crippen LogP contribution in [0.1, 0.15) is 28.4 Å². The molecule has 0 N–H and O–H groups in total. The molecule has 0 atom stereocenters. The van der Waals surface area contributed by atoms with Crippen LogP contribution in [0.15, 0.2) is 48.5 Å². The molecule has 0 saturated heterocycles. The molecule has 18 heavy (non-hydrogen) atoms. The van der Waals surface area contributed by atoms with Gasteiger partial charge in [-0.2, -0.15) is 0 Å². The summed E-state index contributed by atoms with van der Waals surface area (Å²) in [6.07, 6.45) is 0.965. The fraction of sp³-hybridized carbons (Fsp3) is 0.188. The summed E-state index contributed by atoms with van der Waals surface area (Å²) in [5.41, 5.74) is 2.86. The van der Waals surface area contributed by atoms with Crippen LogP contribution < -0.4 is 4.74 Å². The molecule has 2 rings (SSSR count). The summed E-state index contributed by atoms with van der Waals surface area (Å²) < 4.78 is 5.32. The molecule has 0 heterocycles. The number of rotatable bonds is 3. The summed E-state index contributed by atoms with van der Waals surface area (Å²) in [7, 11) is 0. The van der Waals surface area contributed by atoms with Gasteiger partial charge in [-0.25, -0.2) is 4.79 Å². The molecule has 0 aliphatic carbocycles. The topological polar surface area (TPSA) is 26.3 Å². The van der Waals surface area contributed by atoms with Crippen LogP contribution in [0.3, 0.4) is 0 Å². The van der Waals surface area contributed by atoms with Crippen LogP contribution in [0.4, 0.5) is 0 Å². The smallest absolute Gasteiger partial charge is 0.343 e. The first kappa shape index (κ1) is 12.4. The van der Waals surface area contributed by atoms with Crippen LogP contribution >= 0.6 is 0 Å². The quantitative estimate of drug-likeness (QED) is 0.603. The second kappa shape index (κ2) is 5.50. The third-order valence-corrected chi connectivity index (χ3v) is 2.80. The number of benzene rings is 2. The van der Waals surface area contributed by atoms with Gasteiger partial charge in [-0.1, -0.05) is 31.2 Å². The number of carbonyl (C=O) groups excluding carboxylic acids is 1. The maximum absolute atomic E-state index is 11.9. The minimum Gasteiger partial charge on any atom is -0.423 e. The predicted octanol–water partition coefficient (Wildman–Crippen LogP) is 3.78. The van der Waals surface area contributed by atoms with Crippen LogP contribution in [0.5, 0.6) is 5.75 Å². The third kappa shape index (κ3) is 2.98. The highest BCUT2D eigenvalue weighted by atomic mass is 16.5. The molecule has 2 heteroatoms. The van der Waals surface area contributed by atoms with Gasteiger partial charge in [-0.15, -0.1) is 0 Å². The first-order chi connectivity index (χ1) is 8.69. The van der Waals surface area contributed by atoms with E-state index in [4.69, 9.17) is 4.74 Å². The fourth-order valence-electron chi connectivity index (χ4n) is 1.72. The van der Waals surface area contributed by atoms with Crippen LogP contribution in [0.2, 0.25) is 0 Å². The van der Waals surface area contributed by atoms with Gasteiger partial charge < -0.3 is 4.74 Å². The fourth-order valence-corrected chi connectivity index (χ4v) is 1.72. The molecule has 0 saturated carbocycles. The van der Waals surface area contributed by atoms with Gasteiger partial charge in [-0.3, -0.25) is 0 Å². The van der Waals surface area contributed by atoms with E-state index in [1.165, 1.54) is 5.56 Å². The zero-order chi connectivity index (χ0) is 13.0. The standard InChI is InChI=1S/C16H16O2/c1-3-13-7-9-14(10-8-13)16(17)18-15-6-4-5-12(2)11-15/h4-11H,3H2,1-2H3. The molecule has 0 bridgehead atoms. The van der Waals surface area contributed by atoms with E-state index in [9.17, 15) is 4.79 Å². The maximum atomic E-state index is 11.9. The summed E-state index contributed by atoms with van der Waals surface area (Å²) in [6.45, 7) is 4.05. The average molecular weight is 240 g/mol. The summed E-state index contributed by atoms with van der Waals surface area (Å²) in [5.74, 6) is 0.267. The van der Waals surface area contributed by atoms with E-state index in [1.807, 2.05) is 37.3 Å². The number of aryl methyl sites for hydroxylation is 2. The van der Waals surface area contributed by atoms with Gasteiger partial charge in [0.1, 0.15) is 5.75 Å². The zero-order valence-electron chi connectivity index (χ0n) is 10.6. The molecule has 0 aromatic heterocycles. The van der Waals surface area contributed by atoms with E-state index < -0.39 is 0 Å². The highest BCUT2D eigenvalue weighted by Gasteiger charge is 2.08. The monoisotopic (exact) mass is 240 g/mol. The van der Waals surface area contributed by atoms with E-state index in [0.717, 1.165) is 12.0 Å². The Balaban J connectivity index is 2.11. The van der Waals surface area contributed by atoms with Crippen molar-refractivity contribution in [1.82, 2.24) is 0 Å². The Labute approximate surface area is 107 Å². The highest BCUT2D eigenvalue weighted by Crippen LogP contribution is 2.15. The lowest BCUT2D eigenvalue weighted by Gasteiger charge is -2.05. The molecule has 2 nitrogen and oxygen atoms in total. The molecule has 2 aromatic carbocycles. The van der Waals surface area contributed by atoms with Crippen molar-refractivity contribution >= 4 is 5.97 Å². The van der Waals surface area contributed by atoms with Gasteiger partial charge in [0, 0.05) is 0 Å². The van der Waals surface area contributed by atoms with E-state index in [-0.39, 0.29) is 5.97 Å². The normalized spacial score (nSPS) is 10.1. The lowest BCUT2D eigenvalue weighted by atomic mass is 10.1. The van der Waals surface area contributed by atoms with E-state index in [2.05, 4.69) is 6.92 Å². The van der Waals surface area contributed by atoms with E-state index in [0.29, 0.717) is 11.3 Å². The second-order valence-corrected chi connectivity index (χ2v) is 4.26. The van der Waals surface area contributed by atoms with Crippen molar-refractivity contribution in [1.29, 1.82) is 0 Å². The van der Waals surface area contributed by atoms with Gasteiger partial charge in [0.05, 0.1) is 5.56 Å². The van der Waals surface area contributed by atoms with Gasteiger partial charge in [0.15, 0.2) is 0 Å². The van der Waals surface area contributed by atoms with Crippen molar-refractivity contribution in [2.24, 2.45) is 0 Å². The largest absolute Gasteiger partial charge is 0.423 e. The molecule has 0 fully saturated rings. The van der Waals surface area contributed by atoms with Crippen molar-refractivity contribution < 1.29 is 9.53 Å². The Bertz CT molecular complexity index is 541. The predicted molar refractivity (Wildman–Crippen MR) is 72.0 cm³/mol. The second-order valence-electron chi connectivity index (χ2n) is 4.26. The molecule has 92 valence electrons. The van der Waals surface area contributed by atoms with E-state index in [1.54, 1.807) is 18.2 Å². The van der Waals surface area contributed by atoms with Gasteiger partial charge >= 0.3 is 5.97 Å². The third-order valence-electron chi connectivity index (χ3n) is 2.80. The summed E-state index contributed by atoms with van der Waals surface area (Å²) in [5, 5.41) is 0. The lowest BCUT2D eigenvalue weighted by Crippen LogP contribution is -2.08. The number of ether oxygens (including phenoxy) is 1. The SMILES string of the molecule is CCc1ccc(C(=O)Oc2cccc(C)c2)cc1. The Morgan fingerprint density at radius 1 is 1.11 bits per heavy atom. The molecule has 2 aromatic rings. The molecule has 0 aliphatic heterocycles. The van der Waals surface area contributed by atoms with Gasteiger partial charge in [0.25, 0.3) is 0 Å². The van der Waals surface area contributed by atoms with Crippen LogP contribution in [-0.2, 0) is 6.42 Å². The molecule has 0 unspecified atom stereocenters. The maximum Gasteiger partial charge on any atom is 0.343 e. The van der Waals surface area contributed by atoms with E-state index >= 15 is 0 Å². The summed E-state index contributed by atoms with van der Waals surface area (Å²) >= 11 is 0. The number of hydrogen-bond acceptors (Lipinski definition) is 2. The van der Waals surface area contributed by atoms with Crippen molar-refractivity contribution in [3.63, 3.8) is 0 Å². The van der Waals surface area contributed by atoms with Crippen molar-refractivity contribution in [2.45, 2.75) is 20.3 Å². The molecule has 0 radical (unpaired) electrons.